The topological polar surface area (TPSA) is 83.6 Å². The van der Waals surface area contributed by atoms with E-state index in [9.17, 15) is 16.8 Å². The maximum atomic E-state index is 13.1. The van der Waals surface area contributed by atoms with Crippen molar-refractivity contribution < 1.29 is 16.8 Å². The van der Waals surface area contributed by atoms with Crippen molar-refractivity contribution in [2.75, 3.05) is 21.3 Å². The summed E-state index contributed by atoms with van der Waals surface area (Å²) in [5.41, 5.74) is 3.48. The van der Waals surface area contributed by atoms with Crippen molar-refractivity contribution in [1.29, 1.82) is 0 Å². The van der Waals surface area contributed by atoms with Crippen LogP contribution in [0.1, 0.15) is 35.1 Å². The number of halogens is 1. The highest BCUT2D eigenvalue weighted by molar-refractivity contribution is 7.93. The Morgan fingerprint density at radius 2 is 1.59 bits per heavy atom. The van der Waals surface area contributed by atoms with Gasteiger partial charge in [0.1, 0.15) is 0 Å². The van der Waals surface area contributed by atoms with Gasteiger partial charge in [0.15, 0.2) is 0 Å². The average molecular weight is 457 g/mol. The van der Waals surface area contributed by atoms with Crippen LogP contribution in [0.4, 0.5) is 11.4 Å². The number of hydrogen-bond donors (Lipinski definition) is 1. The molecule has 1 fully saturated rings. The van der Waals surface area contributed by atoms with E-state index in [1.54, 1.807) is 39.0 Å². The highest BCUT2D eigenvalue weighted by Crippen LogP contribution is 2.33. The lowest BCUT2D eigenvalue weighted by atomic mass is 10.1. The molecule has 158 valence electrons. The van der Waals surface area contributed by atoms with Gasteiger partial charge in [-0.2, -0.15) is 0 Å². The predicted octanol–water partition coefficient (Wildman–Crippen LogP) is 4.30. The van der Waals surface area contributed by atoms with Crippen LogP contribution in [0.25, 0.3) is 0 Å². The average Bonchev–Trinajstić information content (AvgIpc) is 2.56. The van der Waals surface area contributed by atoms with Crippen LogP contribution >= 0.6 is 11.6 Å². The minimum Gasteiger partial charge on any atom is -0.278 e. The van der Waals surface area contributed by atoms with Crippen LogP contribution in [0.15, 0.2) is 29.2 Å². The first-order chi connectivity index (χ1) is 13.4. The monoisotopic (exact) mass is 456 g/mol. The van der Waals surface area contributed by atoms with Crippen molar-refractivity contribution in [2.24, 2.45) is 0 Å². The highest BCUT2D eigenvalue weighted by atomic mass is 35.5. The molecule has 3 rings (SSSR count). The summed E-state index contributed by atoms with van der Waals surface area (Å²) in [4.78, 5) is 0.131. The van der Waals surface area contributed by atoms with Gasteiger partial charge in [0.2, 0.25) is 10.0 Å². The van der Waals surface area contributed by atoms with Crippen molar-refractivity contribution in [2.45, 2.75) is 45.4 Å². The molecule has 1 aliphatic rings. The first kappa shape index (κ1) is 21.9. The molecule has 2 aromatic rings. The van der Waals surface area contributed by atoms with Crippen LogP contribution in [0.2, 0.25) is 5.02 Å². The Hall–Kier alpha value is -1.77. The van der Waals surface area contributed by atoms with Gasteiger partial charge in [0.25, 0.3) is 10.0 Å². The number of rotatable bonds is 4. The molecule has 0 spiro atoms. The SMILES string of the molecule is Cc1cc(C)c(NS(=O)(=O)c2c(C)cc(N3CCCCS3(=O)=O)cc2C)c(Cl)c1. The molecule has 0 aliphatic carbocycles. The van der Waals surface area contributed by atoms with Crippen molar-refractivity contribution in [1.82, 2.24) is 0 Å². The zero-order valence-corrected chi connectivity index (χ0v) is 19.3. The standard InChI is InChI=1S/C20H25ClN2O4S2/c1-13-9-14(2)19(18(21)10-13)22-29(26,27)20-15(3)11-17(12-16(20)4)23-7-5-6-8-28(23,24)25/h9-12,22H,5-8H2,1-4H3. The van der Waals surface area contributed by atoms with Gasteiger partial charge in [0.05, 0.1) is 27.0 Å². The Bertz CT molecular complexity index is 1130. The molecule has 1 heterocycles. The van der Waals surface area contributed by atoms with E-state index in [4.69, 9.17) is 11.6 Å². The van der Waals surface area contributed by atoms with E-state index in [1.165, 1.54) is 4.31 Å². The molecule has 29 heavy (non-hydrogen) atoms. The van der Waals surface area contributed by atoms with Gasteiger partial charge in [0, 0.05) is 6.54 Å². The number of nitrogens with zero attached hydrogens (tertiary/aromatic N) is 1. The number of benzene rings is 2. The third kappa shape index (κ3) is 4.39. The fourth-order valence-corrected chi connectivity index (χ4v) is 7.46. The Labute approximate surface area is 178 Å². The van der Waals surface area contributed by atoms with Gasteiger partial charge in [-0.1, -0.05) is 17.7 Å². The summed E-state index contributed by atoms with van der Waals surface area (Å²) >= 11 is 6.27. The van der Waals surface area contributed by atoms with Gasteiger partial charge in [-0.3, -0.25) is 9.03 Å². The molecule has 1 saturated heterocycles. The molecule has 1 aliphatic heterocycles. The summed E-state index contributed by atoms with van der Waals surface area (Å²) in [7, 11) is -7.28. The molecule has 0 atom stereocenters. The van der Waals surface area contributed by atoms with Gasteiger partial charge in [-0.15, -0.1) is 0 Å². The van der Waals surface area contributed by atoms with E-state index in [2.05, 4.69) is 4.72 Å². The van der Waals surface area contributed by atoms with Crippen molar-refractivity contribution >= 4 is 43.0 Å². The molecule has 0 unspecified atom stereocenters. The molecule has 9 heteroatoms. The van der Waals surface area contributed by atoms with E-state index in [-0.39, 0.29) is 10.6 Å². The zero-order chi connectivity index (χ0) is 21.6. The quantitative estimate of drug-likeness (QED) is 0.743. The van der Waals surface area contributed by atoms with Crippen LogP contribution in [0.5, 0.6) is 0 Å². The number of nitrogens with one attached hydrogen (secondary N) is 1. The van der Waals surface area contributed by atoms with Gasteiger partial charge in [-0.25, -0.2) is 16.8 Å². The Morgan fingerprint density at radius 3 is 2.14 bits per heavy atom. The van der Waals surface area contributed by atoms with Crippen molar-refractivity contribution in [3.63, 3.8) is 0 Å². The maximum Gasteiger partial charge on any atom is 0.262 e. The molecular formula is C20H25ClN2O4S2. The van der Waals surface area contributed by atoms with E-state index < -0.39 is 20.0 Å². The van der Waals surface area contributed by atoms with E-state index in [0.29, 0.717) is 40.5 Å². The molecule has 0 amide bonds. The summed E-state index contributed by atoms with van der Waals surface area (Å²) in [6, 6.07) is 6.80. The first-order valence-electron chi connectivity index (χ1n) is 9.33. The largest absolute Gasteiger partial charge is 0.278 e. The molecule has 0 radical (unpaired) electrons. The Morgan fingerprint density at radius 1 is 0.966 bits per heavy atom. The van der Waals surface area contributed by atoms with Gasteiger partial charge in [-0.05, 0) is 81.0 Å². The van der Waals surface area contributed by atoms with Gasteiger partial charge < -0.3 is 0 Å². The third-order valence-corrected chi connectivity index (χ3v) is 8.84. The van der Waals surface area contributed by atoms with Crippen LogP contribution in [0.3, 0.4) is 0 Å². The molecular weight excluding hydrogens is 432 g/mol. The summed E-state index contributed by atoms with van der Waals surface area (Å²) < 4.78 is 55.1. The summed E-state index contributed by atoms with van der Waals surface area (Å²) in [5.74, 6) is 0.109. The molecule has 0 saturated carbocycles. The second-order valence-corrected chi connectivity index (χ2v) is 11.6. The minimum atomic E-state index is -3.91. The summed E-state index contributed by atoms with van der Waals surface area (Å²) in [5, 5.41) is 0.331. The lowest BCUT2D eigenvalue weighted by Gasteiger charge is -2.29. The minimum absolute atomic E-state index is 0.109. The van der Waals surface area contributed by atoms with E-state index in [1.807, 2.05) is 13.0 Å². The van der Waals surface area contributed by atoms with Crippen LogP contribution in [0, 0.1) is 27.7 Å². The number of aryl methyl sites for hydroxylation is 4. The van der Waals surface area contributed by atoms with Crippen LogP contribution in [-0.4, -0.2) is 29.1 Å². The molecule has 2 aromatic carbocycles. The molecule has 1 N–H and O–H groups in total. The third-order valence-electron chi connectivity index (χ3n) is 5.02. The molecule has 0 aromatic heterocycles. The number of hydrogen-bond acceptors (Lipinski definition) is 4. The van der Waals surface area contributed by atoms with Crippen LogP contribution < -0.4 is 9.03 Å². The number of sulfonamides is 2. The smallest absolute Gasteiger partial charge is 0.262 e. The van der Waals surface area contributed by atoms with Crippen molar-refractivity contribution in [3.8, 4) is 0 Å². The summed E-state index contributed by atoms with van der Waals surface area (Å²) in [6.07, 6.45) is 1.42. The predicted molar refractivity (Wildman–Crippen MR) is 118 cm³/mol. The van der Waals surface area contributed by atoms with Crippen LogP contribution in [-0.2, 0) is 20.0 Å². The highest BCUT2D eigenvalue weighted by Gasteiger charge is 2.28. The Kier molecular flexibility index (Phi) is 5.91. The second-order valence-electron chi connectivity index (χ2n) is 7.55. The lowest BCUT2D eigenvalue weighted by Crippen LogP contribution is -2.38. The second kappa shape index (κ2) is 7.81. The molecule has 6 nitrogen and oxygen atoms in total. The molecule has 0 bridgehead atoms. The maximum absolute atomic E-state index is 13.1. The first-order valence-corrected chi connectivity index (χ1v) is 12.8. The number of anilines is 2. The Balaban J connectivity index is 2.03. The summed E-state index contributed by atoms with van der Waals surface area (Å²) in [6.45, 7) is 7.43. The fraction of sp³-hybridized carbons (Fsp3) is 0.400. The normalized spacial score (nSPS) is 16.7. The van der Waals surface area contributed by atoms with E-state index >= 15 is 0 Å². The van der Waals surface area contributed by atoms with Gasteiger partial charge >= 0.3 is 0 Å². The van der Waals surface area contributed by atoms with E-state index in [0.717, 1.165) is 17.5 Å². The van der Waals surface area contributed by atoms with Crippen molar-refractivity contribution in [3.05, 3.63) is 51.5 Å². The fourth-order valence-electron chi connectivity index (χ4n) is 3.80. The lowest BCUT2D eigenvalue weighted by molar-refractivity contribution is 0.574. The zero-order valence-electron chi connectivity index (χ0n) is 16.9.